The van der Waals surface area contributed by atoms with E-state index in [1.54, 1.807) is 16.2 Å². The van der Waals surface area contributed by atoms with Crippen molar-refractivity contribution in [2.45, 2.75) is 23.6 Å². The summed E-state index contributed by atoms with van der Waals surface area (Å²) in [5, 5.41) is 5.47. The number of nitrogens with zero attached hydrogens (tertiary/aromatic N) is 1. The molecule has 0 bridgehead atoms. The van der Waals surface area contributed by atoms with E-state index >= 15 is 0 Å². The lowest BCUT2D eigenvalue weighted by atomic mass is 10.1. The highest BCUT2D eigenvalue weighted by molar-refractivity contribution is 7.99. The van der Waals surface area contributed by atoms with Gasteiger partial charge in [-0.15, -0.1) is 11.3 Å². The van der Waals surface area contributed by atoms with Crippen LogP contribution in [0.25, 0.3) is 0 Å². The van der Waals surface area contributed by atoms with Crippen molar-refractivity contribution in [2.24, 2.45) is 5.14 Å². The summed E-state index contributed by atoms with van der Waals surface area (Å²) in [5.74, 6) is 0. The van der Waals surface area contributed by atoms with Gasteiger partial charge in [-0.1, -0.05) is 0 Å². The molecule has 1 aliphatic heterocycles. The van der Waals surface area contributed by atoms with Crippen LogP contribution in [-0.2, 0) is 13.0 Å². The molecule has 0 aromatic carbocycles. The van der Waals surface area contributed by atoms with Gasteiger partial charge in [0.2, 0.25) is 0 Å². The first kappa shape index (κ1) is 11.3. The van der Waals surface area contributed by atoms with Crippen molar-refractivity contribution in [1.29, 1.82) is 0 Å². The summed E-state index contributed by atoms with van der Waals surface area (Å²) in [6, 6.07) is 2.02. The van der Waals surface area contributed by atoms with Gasteiger partial charge in [-0.25, -0.2) is 8.78 Å². The predicted molar refractivity (Wildman–Crippen MR) is 59.3 cm³/mol. The lowest BCUT2D eigenvalue weighted by molar-refractivity contribution is 0.0824. The van der Waals surface area contributed by atoms with Crippen LogP contribution in [-0.4, -0.2) is 24.4 Å². The van der Waals surface area contributed by atoms with E-state index < -0.39 is 6.43 Å². The predicted octanol–water partition coefficient (Wildman–Crippen LogP) is 2.34. The van der Waals surface area contributed by atoms with Crippen molar-refractivity contribution in [2.75, 3.05) is 13.1 Å². The molecule has 6 heteroatoms. The highest BCUT2D eigenvalue weighted by Crippen LogP contribution is 2.32. The second-order valence-corrected chi connectivity index (χ2v) is 5.58. The normalized spacial score (nSPS) is 17.1. The Morgan fingerprint density at radius 1 is 1.60 bits per heavy atom. The van der Waals surface area contributed by atoms with Gasteiger partial charge in [-0.3, -0.25) is 10.0 Å². The summed E-state index contributed by atoms with van der Waals surface area (Å²) in [7, 11) is 0. The maximum Gasteiger partial charge on any atom is 0.251 e. The Hall–Kier alpha value is -0.170. The molecule has 15 heavy (non-hydrogen) atoms. The van der Waals surface area contributed by atoms with E-state index in [1.807, 2.05) is 6.07 Å². The lowest BCUT2D eigenvalue weighted by Crippen LogP contribution is -2.33. The van der Waals surface area contributed by atoms with Crippen molar-refractivity contribution < 1.29 is 8.78 Å². The van der Waals surface area contributed by atoms with Gasteiger partial charge < -0.3 is 0 Å². The molecule has 0 radical (unpaired) electrons. The first-order valence-electron chi connectivity index (χ1n) is 4.68. The number of alkyl halides is 2. The second-order valence-electron chi connectivity index (χ2n) is 3.51. The third kappa shape index (κ3) is 2.69. The zero-order valence-corrected chi connectivity index (χ0v) is 9.71. The maximum atomic E-state index is 12.2. The van der Waals surface area contributed by atoms with Crippen LogP contribution in [0.2, 0.25) is 0 Å². The maximum absolute atomic E-state index is 12.2. The summed E-state index contributed by atoms with van der Waals surface area (Å²) in [6.07, 6.45) is -1.37. The molecule has 1 aliphatic rings. The molecule has 0 unspecified atom stereocenters. The Labute approximate surface area is 95.6 Å². The number of fused-ring (bicyclic) bond motifs is 1. The van der Waals surface area contributed by atoms with Gasteiger partial charge in [-0.05, 0) is 30.0 Å². The fraction of sp³-hybridized carbons (Fsp3) is 0.556. The number of thiophene rings is 1. The standard InChI is InChI=1S/C9H12F2N2S2/c10-8(11)5-13-2-1-7-6(4-13)3-9(14-7)15-12/h3,8H,1-2,4-5,12H2. The number of nitrogens with two attached hydrogens (primary N) is 1. The minimum Gasteiger partial charge on any atom is -0.293 e. The first-order chi connectivity index (χ1) is 7.19. The van der Waals surface area contributed by atoms with Crippen molar-refractivity contribution in [3.63, 3.8) is 0 Å². The molecular formula is C9H12F2N2S2. The van der Waals surface area contributed by atoms with Gasteiger partial charge in [0.05, 0.1) is 10.8 Å². The van der Waals surface area contributed by atoms with Gasteiger partial charge in [0.15, 0.2) is 0 Å². The zero-order chi connectivity index (χ0) is 10.8. The molecule has 0 amide bonds. The minimum atomic E-state index is -2.24. The van der Waals surface area contributed by atoms with E-state index in [1.165, 1.54) is 22.4 Å². The van der Waals surface area contributed by atoms with Crippen molar-refractivity contribution in [1.82, 2.24) is 4.90 Å². The van der Waals surface area contributed by atoms with Crippen LogP contribution in [0.3, 0.4) is 0 Å². The molecular weight excluding hydrogens is 238 g/mol. The number of hydrogen-bond acceptors (Lipinski definition) is 4. The lowest BCUT2D eigenvalue weighted by Gasteiger charge is -2.26. The van der Waals surface area contributed by atoms with E-state index in [0.29, 0.717) is 6.54 Å². The second kappa shape index (κ2) is 4.78. The molecule has 0 fully saturated rings. The van der Waals surface area contributed by atoms with Crippen molar-refractivity contribution in [3.05, 3.63) is 16.5 Å². The summed E-state index contributed by atoms with van der Waals surface area (Å²) in [5.41, 5.74) is 1.17. The van der Waals surface area contributed by atoms with E-state index in [0.717, 1.165) is 17.2 Å². The minimum absolute atomic E-state index is 0.125. The van der Waals surface area contributed by atoms with E-state index in [-0.39, 0.29) is 6.54 Å². The van der Waals surface area contributed by atoms with Crippen LogP contribution >= 0.6 is 23.3 Å². The van der Waals surface area contributed by atoms with E-state index in [4.69, 9.17) is 5.14 Å². The summed E-state index contributed by atoms with van der Waals surface area (Å²) in [6.45, 7) is 1.24. The molecule has 0 aliphatic carbocycles. The molecule has 2 N–H and O–H groups in total. The fourth-order valence-corrected chi connectivity index (χ4v) is 3.37. The molecule has 0 saturated carbocycles. The molecule has 1 aromatic heterocycles. The number of hydrogen-bond donors (Lipinski definition) is 1. The van der Waals surface area contributed by atoms with Gasteiger partial charge in [0.25, 0.3) is 6.43 Å². The molecule has 2 nitrogen and oxygen atoms in total. The Morgan fingerprint density at radius 3 is 3.07 bits per heavy atom. The smallest absolute Gasteiger partial charge is 0.251 e. The monoisotopic (exact) mass is 250 g/mol. The highest BCUT2D eigenvalue weighted by atomic mass is 32.2. The Morgan fingerprint density at radius 2 is 2.40 bits per heavy atom. The molecule has 1 aromatic rings. The zero-order valence-electron chi connectivity index (χ0n) is 8.08. The SMILES string of the molecule is NSc1cc2c(s1)CCN(CC(F)F)C2. The quantitative estimate of drug-likeness (QED) is 0.835. The topological polar surface area (TPSA) is 29.3 Å². The van der Waals surface area contributed by atoms with Crippen LogP contribution < -0.4 is 5.14 Å². The fourth-order valence-electron chi connectivity index (χ4n) is 1.77. The Bertz CT molecular complexity index is 341. The molecule has 84 valence electrons. The van der Waals surface area contributed by atoms with Gasteiger partial charge in [0, 0.05) is 18.0 Å². The van der Waals surface area contributed by atoms with Crippen LogP contribution in [0.1, 0.15) is 10.4 Å². The molecule has 0 atom stereocenters. The summed E-state index contributed by atoms with van der Waals surface area (Å²) in [4.78, 5) is 3.10. The Balaban J connectivity index is 2.05. The number of halogens is 2. The van der Waals surface area contributed by atoms with Gasteiger partial charge >= 0.3 is 0 Å². The van der Waals surface area contributed by atoms with E-state index in [9.17, 15) is 8.78 Å². The first-order valence-corrected chi connectivity index (χ1v) is 6.37. The van der Waals surface area contributed by atoms with Crippen molar-refractivity contribution >= 4 is 23.3 Å². The summed E-state index contributed by atoms with van der Waals surface area (Å²) < 4.78 is 25.5. The molecule has 2 heterocycles. The van der Waals surface area contributed by atoms with Gasteiger partial charge in [-0.2, -0.15) is 0 Å². The number of rotatable bonds is 3. The van der Waals surface area contributed by atoms with Gasteiger partial charge in [0.1, 0.15) is 0 Å². The van der Waals surface area contributed by atoms with Crippen LogP contribution in [0.4, 0.5) is 8.78 Å². The van der Waals surface area contributed by atoms with Crippen LogP contribution in [0.15, 0.2) is 10.3 Å². The third-order valence-corrected chi connectivity index (χ3v) is 4.36. The van der Waals surface area contributed by atoms with E-state index in [2.05, 4.69) is 0 Å². The van der Waals surface area contributed by atoms with Crippen LogP contribution in [0.5, 0.6) is 0 Å². The average Bonchev–Trinajstić information content (AvgIpc) is 2.58. The summed E-state index contributed by atoms with van der Waals surface area (Å²) >= 11 is 2.91. The highest BCUT2D eigenvalue weighted by Gasteiger charge is 2.21. The van der Waals surface area contributed by atoms with Crippen molar-refractivity contribution in [3.8, 4) is 0 Å². The molecule has 2 rings (SSSR count). The van der Waals surface area contributed by atoms with Crippen LogP contribution in [0, 0.1) is 0 Å². The third-order valence-electron chi connectivity index (χ3n) is 2.44. The average molecular weight is 250 g/mol. The Kier molecular flexibility index (Phi) is 3.60. The largest absolute Gasteiger partial charge is 0.293 e. The molecule has 0 spiro atoms. The molecule has 0 saturated heterocycles.